The molecule has 0 atom stereocenters. The van der Waals surface area contributed by atoms with Gasteiger partial charge in [-0.25, -0.2) is 9.59 Å². The number of Topliss-reactive ketones (excluding diaryl/α,β-unsaturated/α-hetero) is 1. The number of hydrogen-bond acceptors (Lipinski definition) is 6. The number of ether oxygens (including phenoxy) is 2. The molecule has 0 aromatic heterocycles. The first-order valence-corrected chi connectivity index (χ1v) is 8.56. The number of ketones is 1. The molecule has 1 N–H and O–H groups in total. The third kappa shape index (κ3) is 6.20. The van der Waals surface area contributed by atoms with Crippen LogP contribution in [0.15, 0.2) is 24.3 Å². The predicted molar refractivity (Wildman–Crippen MR) is 101 cm³/mol. The molecule has 7 heteroatoms. The molecule has 150 valence electrons. The first-order chi connectivity index (χ1) is 12.3. The minimum absolute atomic E-state index is 0. The van der Waals surface area contributed by atoms with Gasteiger partial charge in [0, 0.05) is 25.3 Å². The van der Waals surface area contributed by atoms with Gasteiger partial charge < -0.3 is 14.8 Å². The SMILES string of the molecule is C.CCOC(=O)C(Cc1ccc(C(=O)CC)cc1)(NC(C)=O)C(=O)OCC. The number of carbonyl (C=O) groups excluding carboxylic acids is 4. The van der Waals surface area contributed by atoms with Gasteiger partial charge in [0.05, 0.1) is 13.2 Å². The Balaban J connectivity index is 0.00000676. The van der Waals surface area contributed by atoms with Crippen LogP contribution in [0.5, 0.6) is 0 Å². The van der Waals surface area contributed by atoms with Crippen LogP contribution in [0.4, 0.5) is 0 Å². The lowest BCUT2D eigenvalue weighted by Crippen LogP contribution is -2.62. The Morgan fingerprint density at radius 2 is 1.41 bits per heavy atom. The van der Waals surface area contributed by atoms with Crippen molar-refractivity contribution in [2.24, 2.45) is 0 Å². The first kappa shape index (κ1) is 24.3. The van der Waals surface area contributed by atoms with Crippen molar-refractivity contribution in [3.8, 4) is 0 Å². The number of esters is 2. The average molecular weight is 379 g/mol. The van der Waals surface area contributed by atoms with Gasteiger partial charge in [-0.3, -0.25) is 9.59 Å². The molecular formula is C20H29NO6. The summed E-state index contributed by atoms with van der Waals surface area (Å²) < 4.78 is 10.0. The van der Waals surface area contributed by atoms with Crippen LogP contribution in [-0.4, -0.2) is 42.4 Å². The summed E-state index contributed by atoms with van der Waals surface area (Å²) in [5.41, 5.74) is -0.866. The number of rotatable bonds is 9. The Bertz CT molecular complexity index is 648. The Hall–Kier alpha value is -2.70. The van der Waals surface area contributed by atoms with E-state index in [1.807, 2.05) is 0 Å². The molecule has 0 spiro atoms. The van der Waals surface area contributed by atoms with E-state index in [0.29, 0.717) is 17.5 Å². The zero-order valence-electron chi connectivity index (χ0n) is 15.6. The van der Waals surface area contributed by atoms with Crippen molar-refractivity contribution in [3.63, 3.8) is 0 Å². The Kier molecular flexibility index (Phi) is 10.00. The van der Waals surface area contributed by atoms with Crippen LogP contribution in [0.2, 0.25) is 0 Å². The van der Waals surface area contributed by atoms with Gasteiger partial charge in [-0.2, -0.15) is 0 Å². The molecular weight excluding hydrogens is 350 g/mol. The molecule has 0 aliphatic heterocycles. The van der Waals surface area contributed by atoms with E-state index in [4.69, 9.17) is 9.47 Å². The fraction of sp³-hybridized carbons (Fsp3) is 0.500. The highest BCUT2D eigenvalue weighted by Gasteiger charge is 2.50. The minimum atomic E-state index is -1.98. The Labute approximate surface area is 160 Å². The van der Waals surface area contributed by atoms with Gasteiger partial charge in [-0.1, -0.05) is 38.6 Å². The maximum absolute atomic E-state index is 12.6. The van der Waals surface area contributed by atoms with Crippen molar-refractivity contribution in [1.82, 2.24) is 5.32 Å². The molecule has 1 aromatic carbocycles. The largest absolute Gasteiger partial charge is 0.464 e. The highest BCUT2D eigenvalue weighted by Crippen LogP contribution is 2.20. The monoisotopic (exact) mass is 379 g/mol. The molecule has 0 bridgehead atoms. The van der Waals surface area contributed by atoms with Crippen LogP contribution in [0, 0.1) is 0 Å². The second kappa shape index (κ2) is 11.1. The maximum atomic E-state index is 12.6. The van der Waals surface area contributed by atoms with E-state index < -0.39 is 23.4 Å². The number of hydrogen-bond donors (Lipinski definition) is 1. The van der Waals surface area contributed by atoms with Crippen LogP contribution in [0.1, 0.15) is 57.5 Å². The smallest absolute Gasteiger partial charge is 0.344 e. The number of benzene rings is 1. The molecule has 0 fully saturated rings. The molecule has 0 unspecified atom stereocenters. The van der Waals surface area contributed by atoms with Crippen LogP contribution in [0.25, 0.3) is 0 Å². The van der Waals surface area contributed by atoms with Crippen molar-refractivity contribution in [3.05, 3.63) is 35.4 Å². The van der Waals surface area contributed by atoms with Gasteiger partial charge in [-0.05, 0) is 19.4 Å². The summed E-state index contributed by atoms with van der Waals surface area (Å²) in [5.74, 6) is -2.35. The summed E-state index contributed by atoms with van der Waals surface area (Å²) >= 11 is 0. The van der Waals surface area contributed by atoms with Crippen molar-refractivity contribution in [2.75, 3.05) is 13.2 Å². The molecule has 7 nitrogen and oxygen atoms in total. The number of amides is 1. The molecule has 0 aliphatic carbocycles. The van der Waals surface area contributed by atoms with Crippen molar-refractivity contribution in [2.45, 2.75) is 53.5 Å². The van der Waals surface area contributed by atoms with Crippen molar-refractivity contribution in [1.29, 1.82) is 0 Å². The highest BCUT2D eigenvalue weighted by atomic mass is 16.6. The lowest BCUT2D eigenvalue weighted by atomic mass is 9.89. The van der Waals surface area contributed by atoms with Crippen molar-refractivity contribution < 1.29 is 28.7 Å². The fourth-order valence-corrected chi connectivity index (χ4v) is 2.50. The number of carbonyl (C=O) groups is 4. The highest BCUT2D eigenvalue weighted by molar-refractivity contribution is 6.08. The lowest BCUT2D eigenvalue weighted by Gasteiger charge is -2.29. The summed E-state index contributed by atoms with van der Waals surface area (Å²) in [5, 5.41) is 2.40. The summed E-state index contributed by atoms with van der Waals surface area (Å²) in [6.07, 6.45) is 0.228. The molecule has 0 aliphatic rings. The van der Waals surface area contributed by atoms with E-state index in [2.05, 4.69) is 5.32 Å². The van der Waals surface area contributed by atoms with E-state index >= 15 is 0 Å². The van der Waals surface area contributed by atoms with Crippen LogP contribution >= 0.6 is 0 Å². The van der Waals surface area contributed by atoms with E-state index in [0.717, 1.165) is 0 Å². The molecule has 0 saturated carbocycles. The van der Waals surface area contributed by atoms with Gasteiger partial charge in [0.2, 0.25) is 11.4 Å². The van der Waals surface area contributed by atoms with Crippen LogP contribution in [-0.2, 0) is 30.3 Å². The summed E-state index contributed by atoms with van der Waals surface area (Å²) in [6, 6.07) is 6.52. The number of nitrogens with one attached hydrogen (secondary N) is 1. The average Bonchev–Trinajstić information content (AvgIpc) is 2.61. The van der Waals surface area contributed by atoms with E-state index in [-0.39, 0.29) is 32.8 Å². The van der Waals surface area contributed by atoms with Crippen LogP contribution < -0.4 is 5.32 Å². The van der Waals surface area contributed by atoms with E-state index in [9.17, 15) is 19.2 Å². The first-order valence-electron chi connectivity index (χ1n) is 8.56. The molecule has 27 heavy (non-hydrogen) atoms. The molecule has 0 saturated heterocycles. The zero-order valence-corrected chi connectivity index (χ0v) is 15.6. The topological polar surface area (TPSA) is 98.8 Å². The molecule has 0 radical (unpaired) electrons. The molecule has 1 aromatic rings. The van der Waals surface area contributed by atoms with E-state index in [1.54, 1.807) is 45.0 Å². The Morgan fingerprint density at radius 1 is 0.926 bits per heavy atom. The van der Waals surface area contributed by atoms with E-state index in [1.165, 1.54) is 6.92 Å². The summed E-state index contributed by atoms with van der Waals surface area (Å²) in [7, 11) is 0. The zero-order chi connectivity index (χ0) is 19.7. The van der Waals surface area contributed by atoms with Crippen molar-refractivity contribution >= 4 is 23.6 Å². The quantitative estimate of drug-likeness (QED) is 0.402. The summed E-state index contributed by atoms with van der Waals surface area (Å²) in [6.45, 7) is 6.27. The standard InChI is InChI=1S/C19H25NO6.CH4/c1-5-16(22)15-10-8-14(9-11-15)12-19(20-13(4)21,17(23)25-6-2)18(24)26-7-3;/h8-11H,5-7,12H2,1-4H3,(H,20,21);1H4. The van der Waals surface area contributed by atoms with Gasteiger partial charge in [0.15, 0.2) is 5.78 Å². The second-order valence-corrected chi connectivity index (χ2v) is 5.68. The predicted octanol–water partition coefficient (Wildman–Crippen LogP) is 2.46. The van der Waals surface area contributed by atoms with Gasteiger partial charge in [0.1, 0.15) is 0 Å². The van der Waals surface area contributed by atoms with Gasteiger partial charge in [-0.15, -0.1) is 0 Å². The summed E-state index contributed by atoms with van der Waals surface area (Å²) in [4.78, 5) is 48.5. The van der Waals surface area contributed by atoms with Crippen LogP contribution in [0.3, 0.4) is 0 Å². The Morgan fingerprint density at radius 3 is 1.78 bits per heavy atom. The fourth-order valence-electron chi connectivity index (χ4n) is 2.50. The molecule has 1 rings (SSSR count). The third-order valence-corrected chi connectivity index (χ3v) is 3.70. The lowest BCUT2D eigenvalue weighted by molar-refractivity contribution is -0.168. The second-order valence-electron chi connectivity index (χ2n) is 5.68. The minimum Gasteiger partial charge on any atom is -0.464 e. The molecule has 0 heterocycles. The normalized spacial score (nSPS) is 10.4. The molecule has 1 amide bonds. The third-order valence-electron chi connectivity index (χ3n) is 3.70. The maximum Gasteiger partial charge on any atom is 0.344 e. The van der Waals surface area contributed by atoms with Gasteiger partial charge in [0.25, 0.3) is 0 Å². The van der Waals surface area contributed by atoms with Gasteiger partial charge >= 0.3 is 11.9 Å².